The van der Waals surface area contributed by atoms with E-state index in [1.165, 1.54) is 0 Å². The molecule has 0 aliphatic rings. The van der Waals surface area contributed by atoms with Crippen LogP contribution in [0.25, 0.3) is 5.69 Å². The second-order valence-electron chi connectivity index (χ2n) is 3.67. The van der Waals surface area contributed by atoms with E-state index in [0.717, 1.165) is 16.0 Å². The lowest BCUT2D eigenvalue weighted by molar-refractivity contribution is 0.828. The van der Waals surface area contributed by atoms with E-state index in [1.807, 2.05) is 32.0 Å². The molecule has 0 radical (unpaired) electrons. The van der Waals surface area contributed by atoms with Crippen LogP contribution in [0.5, 0.6) is 0 Å². The van der Waals surface area contributed by atoms with Gasteiger partial charge in [0.05, 0.1) is 11.3 Å². The molecular formula is C11H12BrN5. The monoisotopic (exact) mass is 293 g/mol. The number of aromatic nitrogens is 3. The Labute approximate surface area is 107 Å². The third-order valence-corrected chi connectivity index (χ3v) is 3.02. The zero-order valence-corrected chi connectivity index (χ0v) is 11.1. The maximum atomic E-state index is 7.63. The summed E-state index contributed by atoms with van der Waals surface area (Å²) < 4.78 is 2.46. The van der Waals surface area contributed by atoms with Crippen molar-refractivity contribution in [2.24, 2.45) is 5.73 Å². The summed E-state index contributed by atoms with van der Waals surface area (Å²) in [6, 6.07) is 5.59. The molecule has 0 atom stereocenters. The van der Waals surface area contributed by atoms with Gasteiger partial charge in [0, 0.05) is 4.47 Å². The summed E-state index contributed by atoms with van der Waals surface area (Å²) in [5, 5.41) is 11.9. The molecule has 2 rings (SSSR count). The van der Waals surface area contributed by atoms with Crippen molar-refractivity contribution >= 4 is 21.8 Å². The van der Waals surface area contributed by atoms with E-state index in [2.05, 4.69) is 26.0 Å². The molecule has 5 nitrogen and oxygen atoms in total. The number of nitrogen functional groups attached to an aromatic ring is 1. The minimum absolute atomic E-state index is 0.0000260. The molecule has 0 aliphatic heterocycles. The van der Waals surface area contributed by atoms with Crippen LogP contribution in [-0.4, -0.2) is 20.6 Å². The van der Waals surface area contributed by atoms with Gasteiger partial charge in [-0.2, -0.15) is 5.10 Å². The average molecular weight is 294 g/mol. The molecule has 0 fully saturated rings. The fourth-order valence-corrected chi connectivity index (χ4v) is 2.27. The molecule has 1 aromatic heterocycles. The lowest BCUT2D eigenvalue weighted by atomic mass is 10.1. The largest absolute Gasteiger partial charge is 0.384 e. The first kappa shape index (κ1) is 11.8. The Morgan fingerprint density at radius 3 is 2.65 bits per heavy atom. The first-order valence-electron chi connectivity index (χ1n) is 5.04. The van der Waals surface area contributed by atoms with Crippen LogP contribution in [-0.2, 0) is 0 Å². The van der Waals surface area contributed by atoms with E-state index in [9.17, 15) is 0 Å². The average Bonchev–Trinajstić information content (AvgIpc) is 2.56. The van der Waals surface area contributed by atoms with Gasteiger partial charge in [-0.05, 0) is 41.9 Å². The summed E-state index contributed by atoms with van der Waals surface area (Å²) in [7, 11) is 0. The predicted molar refractivity (Wildman–Crippen MR) is 69.5 cm³/mol. The van der Waals surface area contributed by atoms with E-state index >= 15 is 0 Å². The van der Waals surface area contributed by atoms with E-state index in [-0.39, 0.29) is 5.84 Å². The molecule has 0 spiro atoms. The number of nitrogens with one attached hydrogen (secondary N) is 1. The van der Waals surface area contributed by atoms with E-state index < -0.39 is 0 Å². The maximum absolute atomic E-state index is 7.63. The van der Waals surface area contributed by atoms with Crippen LogP contribution in [0, 0.1) is 19.3 Å². The summed E-state index contributed by atoms with van der Waals surface area (Å²) in [6.45, 7) is 3.69. The third kappa shape index (κ3) is 2.08. The molecule has 2 aromatic rings. The number of hydrogen-bond acceptors (Lipinski definition) is 3. The molecule has 17 heavy (non-hydrogen) atoms. The number of rotatable bonds is 2. The first-order chi connectivity index (χ1) is 8.00. The van der Waals surface area contributed by atoms with Gasteiger partial charge in [0.15, 0.2) is 0 Å². The van der Waals surface area contributed by atoms with Gasteiger partial charge in [0.1, 0.15) is 17.5 Å². The van der Waals surface area contributed by atoms with E-state index in [0.29, 0.717) is 11.4 Å². The predicted octanol–water partition coefficient (Wildman–Crippen LogP) is 1.93. The van der Waals surface area contributed by atoms with Crippen LogP contribution in [0.1, 0.15) is 17.2 Å². The molecule has 88 valence electrons. The number of hydrogen-bond donors (Lipinski definition) is 2. The summed E-state index contributed by atoms with van der Waals surface area (Å²) >= 11 is 3.39. The molecule has 0 amide bonds. The van der Waals surface area contributed by atoms with E-state index in [4.69, 9.17) is 11.1 Å². The highest BCUT2D eigenvalue weighted by Gasteiger charge is 2.14. The Bertz CT molecular complexity index is 588. The molecule has 1 heterocycles. The Kier molecular flexibility index (Phi) is 2.97. The molecule has 1 aromatic carbocycles. The van der Waals surface area contributed by atoms with Crippen molar-refractivity contribution in [2.45, 2.75) is 13.8 Å². The fraction of sp³-hybridized carbons (Fsp3) is 0.182. The second kappa shape index (κ2) is 4.29. The summed E-state index contributed by atoms with van der Waals surface area (Å²) in [6.07, 6.45) is 0. The van der Waals surface area contributed by atoms with Gasteiger partial charge in [-0.25, -0.2) is 9.67 Å². The summed E-state index contributed by atoms with van der Waals surface area (Å²) in [4.78, 5) is 4.24. The van der Waals surface area contributed by atoms with Crippen LogP contribution >= 0.6 is 15.9 Å². The Hall–Kier alpha value is -1.69. The zero-order valence-electron chi connectivity index (χ0n) is 9.53. The standard InChI is InChI=1S/C11H12BrN5/c1-6-15-7(2)17(16-6)9-5-3-4-8(12)10(9)11(13)14/h3-5H,1-2H3,(H3,13,14). The number of amidine groups is 1. The highest BCUT2D eigenvalue weighted by molar-refractivity contribution is 9.10. The minimum atomic E-state index is 0.0000260. The van der Waals surface area contributed by atoms with Gasteiger partial charge in [0.25, 0.3) is 0 Å². The molecule has 0 saturated carbocycles. The van der Waals surface area contributed by atoms with Crippen molar-refractivity contribution < 1.29 is 0 Å². The second-order valence-corrected chi connectivity index (χ2v) is 4.52. The maximum Gasteiger partial charge on any atom is 0.148 e. The number of aryl methyl sites for hydroxylation is 2. The molecular weight excluding hydrogens is 282 g/mol. The molecule has 0 aliphatic carbocycles. The fourth-order valence-electron chi connectivity index (χ4n) is 1.71. The summed E-state index contributed by atoms with van der Waals surface area (Å²) in [5.41, 5.74) is 6.98. The normalized spacial score (nSPS) is 10.5. The van der Waals surface area contributed by atoms with Gasteiger partial charge in [-0.3, -0.25) is 5.41 Å². The Balaban J connectivity index is 2.71. The zero-order chi connectivity index (χ0) is 12.6. The number of benzene rings is 1. The molecule has 0 saturated heterocycles. The molecule has 0 bridgehead atoms. The first-order valence-corrected chi connectivity index (χ1v) is 5.83. The molecule has 0 unspecified atom stereocenters. The number of nitrogens with two attached hydrogens (primary N) is 1. The smallest absolute Gasteiger partial charge is 0.148 e. The number of halogens is 1. The lowest BCUT2D eigenvalue weighted by Crippen LogP contribution is -2.16. The van der Waals surface area contributed by atoms with Crippen molar-refractivity contribution in [3.63, 3.8) is 0 Å². The highest BCUT2D eigenvalue weighted by Crippen LogP contribution is 2.23. The third-order valence-electron chi connectivity index (χ3n) is 2.36. The van der Waals surface area contributed by atoms with Crippen molar-refractivity contribution in [3.05, 3.63) is 39.9 Å². The molecule has 6 heteroatoms. The van der Waals surface area contributed by atoms with Gasteiger partial charge in [0.2, 0.25) is 0 Å². The van der Waals surface area contributed by atoms with Crippen LogP contribution in [0.4, 0.5) is 0 Å². The van der Waals surface area contributed by atoms with Gasteiger partial charge >= 0.3 is 0 Å². The van der Waals surface area contributed by atoms with Gasteiger partial charge < -0.3 is 5.73 Å². The van der Waals surface area contributed by atoms with Crippen molar-refractivity contribution in [2.75, 3.05) is 0 Å². The van der Waals surface area contributed by atoms with Crippen LogP contribution < -0.4 is 5.73 Å². The Morgan fingerprint density at radius 1 is 1.41 bits per heavy atom. The van der Waals surface area contributed by atoms with Crippen molar-refractivity contribution in [1.29, 1.82) is 5.41 Å². The van der Waals surface area contributed by atoms with Gasteiger partial charge in [-0.15, -0.1) is 0 Å². The van der Waals surface area contributed by atoms with Crippen LogP contribution in [0.3, 0.4) is 0 Å². The van der Waals surface area contributed by atoms with Crippen molar-refractivity contribution in [3.8, 4) is 5.69 Å². The quantitative estimate of drug-likeness (QED) is 0.656. The minimum Gasteiger partial charge on any atom is -0.384 e. The van der Waals surface area contributed by atoms with Crippen molar-refractivity contribution in [1.82, 2.24) is 14.8 Å². The van der Waals surface area contributed by atoms with E-state index in [1.54, 1.807) is 4.68 Å². The highest BCUT2D eigenvalue weighted by atomic mass is 79.9. The topological polar surface area (TPSA) is 80.6 Å². The van der Waals surface area contributed by atoms with Crippen LogP contribution in [0.2, 0.25) is 0 Å². The molecule has 3 N–H and O–H groups in total. The van der Waals surface area contributed by atoms with Gasteiger partial charge in [-0.1, -0.05) is 6.07 Å². The SMILES string of the molecule is Cc1nc(C)n(-c2cccc(Br)c2C(=N)N)n1. The van der Waals surface area contributed by atoms with Crippen LogP contribution in [0.15, 0.2) is 22.7 Å². The summed E-state index contributed by atoms with van der Waals surface area (Å²) in [5.74, 6) is 1.46. The lowest BCUT2D eigenvalue weighted by Gasteiger charge is -2.10. The Morgan fingerprint density at radius 2 is 2.12 bits per heavy atom. The number of nitrogens with zero attached hydrogens (tertiary/aromatic N) is 3.